The Labute approximate surface area is 103 Å². The number of anilines is 1. The van der Waals surface area contributed by atoms with Crippen LogP contribution in [0.2, 0.25) is 0 Å². The van der Waals surface area contributed by atoms with Gasteiger partial charge in [0.25, 0.3) is 5.91 Å². The van der Waals surface area contributed by atoms with E-state index in [9.17, 15) is 4.79 Å². The van der Waals surface area contributed by atoms with E-state index < -0.39 is 0 Å². The number of carbonyl (C=O) groups is 1. The van der Waals surface area contributed by atoms with Crippen molar-refractivity contribution in [2.45, 2.75) is 0 Å². The van der Waals surface area contributed by atoms with E-state index in [4.69, 9.17) is 0 Å². The quantitative estimate of drug-likeness (QED) is 0.770. The van der Waals surface area contributed by atoms with E-state index in [-0.39, 0.29) is 5.91 Å². The third-order valence-electron chi connectivity index (χ3n) is 2.78. The molecule has 0 aliphatic carbocycles. The third-order valence-corrected chi connectivity index (χ3v) is 3.58. The summed E-state index contributed by atoms with van der Waals surface area (Å²) >= 11 is 1.46. The first-order valence-corrected chi connectivity index (χ1v) is 6.14. The van der Waals surface area contributed by atoms with E-state index in [2.05, 4.69) is 11.6 Å². The molecule has 1 aromatic heterocycles. The SMILES string of the molecule is C=C1CN(c2nccs2)C(=O)c2ccccc21. The van der Waals surface area contributed by atoms with Crippen molar-refractivity contribution < 1.29 is 4.79 Å². The van der Waals surface area contributed by atoms with Gasteiger partial charge in [-0.3, -0.25) is 9.69 Å². The Balaban J connectivity index is 2.10. The Bertz CT molecular complexity index is 589. The Morgan fingerprint density at radius 2 is 2.06 bits per heavy atom. The second-order valence-corrected chi connectivity index (χ2v) is 4.73. The summed E-state index contributed by atoms with van der Waals surface area (Å²) in [5, 5.41) is 2.59. The number of thiazole rings is 1. The number of amides is 1. The van der Waals surface area contributed by atoms with Crippen LogP contribution in [0.5, 0.6) is 0 Å². The van der Waals surface area contributed by atoms with Crippen LogP contribution in [0, 0.1) is 0 Å². The molecule has 1 amide bonds. The van der Waals surface area contributed by atoms with Gasteiger partial charge in [0.2, 0.25) is 0 Å². The van der Waals surface area contributed by atoms with Gasteiger partial charge < -0.3 is 0 Å². The molecule has 0 saturated carbocycles. The maximum atomic E-state index is 12.3. The fourth-order valence-electron chi connectivity index (χ4n) is 1.97. The van der Waals surface area contributed by atoms with Crippen molar-refractivity contribution in [3.05, 3.63) is 53.5 Å². The van der Waals surface area contributed by atoms with Gasteiger partial charge in [-0.05, 0) is 17.2 Å². The summed E-state index contributed by atoms with van der Waals surface area (Å²) in [6.07, 6.45) is 1.70. The monoisotopic (exact) mass is 242 g/mol. The van der Waals surface area contributed by atoms with Gasteiger partial charge in [-0.15, -0.1) is 11.3 Å². The molecule has 4 heteroatoms. The fourth-order valence-corrected chi connectivity index (χ4v) is 2.61. The minimum Gasteiger partial charge on any atom is -0.279 e. The van der Waals surface area contributed by atoms with Crippen LogP contribution in [0.1, 0.15) is 15.9 Å². The van der Waals surface area contributed by atoms with Gasteiger partial charge in [-0.2, -0.15) is 0 Å². The van der Waals surface area contributed by atoms with Crippen LogP contribution in [-0.4, -0.2) is 17.4 Å². The standard InChI is InChI=1S/C13H10N2OS/c1-9-8-15(13-14-6-7-17-13)12(16)11-5-3-2-4-10(9)11/h2-7H,1,8H2. The number of aromatic nitrogens is 1. The molecule has 1 aliphatic rings. The highest BCUT2D eigenvalue weighted by molar-refractivity contribution is 7.13. The summed E-state index contributed by atoms with van der Waals surface area (Å²) in [7, 11) is 0. The van der Waals surface area contributed by atoms with Crippen molar-refractivity contribution in [3.8, 4) is 0 Å². The summed E-state index contributed by atoms with van der Waals surface area (Å²) in [4.78, 5) is 18.2. The first kappa shape index (κ1) is 10.2. The molecule has 0 radical (unpaired) electrons. The van der Waals surface area contributed by atoms with Crippen molar-refractivity contribution >= 4 is 27.9 Å². The summed E-state index contributed by atoms with van der Waals surface area (Å²) < 4.78 is 0. The Hall–Kier alpha value is -1.94. The maximum Gasteiger partial charge on any atom is 0.260 e. The molecule has 0 saturated heterocycles. The van der Waals surface area contributed by atoms with E-state index in [1.165, 1.54) is 11.3 Å². The Morgan fingerprint density at radius 3 is 2.76 bits per heavy atom. The van der Waals surface area contributed by atoms with E-state index >= 15 is 0 Å². The molecule has 0 N–H and O–H groups in total. The van der Waals surface area contributed by atoms with E-state index in [1.807, 2.05) is 29.6 Å². The van der Waals surface area contributed by atoms with Gasteiger partial charge in [0.15, 0.2) is 5.13 Å². The van der Waals surface area contributed by atoms with Crippen LogP contribution in [0.25, 0.3) is 5.57 Å². The molecular formula is C13H10N2OS. The molecule has 0 spiro atoms. The smallest absolute Gasteiger partial charge is 0.260 e. The molecule has 2 heterocycles. The van der Waals surface area contributed by atoms with Crippen LogP contribution >= 0.6 is 11.3 Å². The topological polar surface area (TPSA) is 33.2 Å². The summed E-state index contributed by atoms with van der Waals surface area (Å²) in [5.74, 6) is 0.00273. The molecule has 3 nitrogen and oxygen atoms in total. The third kappa shape index (κ3) is 1.57. The zero-order valence-electron chi connectivity index (χ0n) is 9.09. The van der Waals surface area contributed by atoms with Crippen molar-refractivity contribution in [1.82, 2.24) is 4.98 Å². The number of rotatable bonds is 1. The van der Waals surface area contributed by atoms with Crippen molar-refractivity contribution in [1.29, 1.82) is 0 Å². The molecular weight excluding hydrogens is 232 g/mol. The second-order valence-electron chi connectivity index (χ2n) is 3.86. The average molecular weight is 242 g/mol. The normalized spacial score (nSPS) is 14.9. The lowest BCUT2D eigenvalue weighted by Crippen LogP contribution is -2.36. The molecule has 3 rings (SSSR count). The number of nitrogens with zero attached hydrogens (tertiary/aromatic N) is 2. The zero-order valence-corrected chi connectivity index (χ0v) is 9.91. The first-order valence-electron chi connectivity index (χ1n) is 5.26. The average Bonchev–Trinajstić information content (AvgIpc) is 2.87. The number of carbonyl (C=O) groups excluding carboxylic acids is 1. The first-order chi connectivity index (χ1) is 8.27. The minimum absolute atomic E-state index is 0.00273. The minimum atomic E-state index is 0.00273. The maximum absolute atomic E-state index is 12.3. The Kier molecular flexibility index (Phi) is 2.30. The number of hydrogen-bond acceptors (Lipinski definition) is 3. The zero-order chi connectivity index (χ0) is 11.8. The lowest BCUT2D eigenvalue weighted by molar-refractivity contribution is 0.0987. The van der Waals surface area contributed by atoms with Gasteiger partial charge in [0, 0.05) is 17.1 Å². The Morgan fingerprint density at radius 1 is 1.29 bits per heavy atom. The molecule has 84 valence electrons. The van der Waals surface area contributed by atoms with Crippen molar-refractivity contribution in [2.75, 3.05) is 11.4 Å². The van der Waals surface area contributed by atoms with Crippen LogP contribution in [0.4, 0.5) is 5.13 Å². The van der Waals surface area contributed by atoms with Gasteiger partial charge in [0.05, 0.1) is 6.54 Å². The van der Waals surface area contributed by atoms with Crippen LogP contribution in [-0.2, 0) is 0 Å². The van der Waals surface area contributed by atoms with Crippen molar-refractivity contribution in [2.24, 2.45) is 0 Å². The number of hydrogen-bond donors (Lipinski definition) is 0. The van der Waals surface area contributed by atoms with Crippen molar-refractivity contribution in [3.63, 3.8) is 0 Å². The van der Waals surface area contributed by atoms with E-state index in [1.54, 1.807) is 11.1 Å². The summed E-state index contributed by atoms with van der Waals surface area (Å²) in [6.45, 7) is 4.55. The molecule has 0 unspecified atom stereocenters. The van der Waals surface area contributed by atoms with E-state index in [0.29, 0.717) is 12.1 Å². The summed E-state index contributed by atoms with van der Waals surface area (Å²) in [5.41, 5.74) is 2.61. The molecule has 0 bridgehead atoms. The lowest BCUT2D eigenvalue weighted by atomic mass is 9.96. The summed E-state index contributed by atoms with van der Waals surface area (Å²) in [6, 6.07) is 7.57. The van der Waals surface area contributed by atoms with Gasteiger partial charge in [-0.25, -0.2) is 4.98 Å². The molecule has 1 aromatic carbocycles. The highest BCUT2D eigenvalue weighted by Gasteiger charge is 2.28. The lowest BCUT2D eigenvalue weighted by Gasteiger charge is -2.27. The molecule has 0 atom stereocenters. The van der Waals surface area contributed by atoms with E-state index in [0.717, 1.165) is 16.3 Å². The van der Waals surface area contributed by atoms with Crippen LogP contribution in [0.15, 0.2) is 42.4 Å². The molecule has 2 aromatic rings. The van der Waals surface area contributed by atoms with Gasteiger partial charge >= 0.3 is 0 Å². The highest BCUT2D eigenvalue weighted by atomic mass is 32.1. The number of fused-ring (bicyclic) bond motifs is 1. The fraction of sp³-hybridized carbons (Fsp3) is 0.0769. The second kappa shape index (κ2) is 3.82. The predicted molar refractivity (Wildman–Crippen MR) is 69.3 cm³/mol. The van der Waals surface area contributed by atoms with Crippen LogP contribution in [0.3, 0.4) is 0 Å². The largest absolute Gasteiger partial charge is 0.279 e. The van der Waals surface area contributed by atoms with Crippen LogP contribution < -0.4 is 4.90 Å². The molecule has 0 fully saturated rings. The highest BCUT2D eigenvalue weighted by Crippen LogP contribution is 2.30. The van der Waals surface area contributed by atoms with Gasteiger partial charge in [0.1, 0.15) is 0 Å². The predicted octanol–water partition coefficient (Wildman–Crippen LogP) is 2.82. The van der Waals surface area contributed by atoms with Gasteiger partial charge in [-0.1, -0.05) is 24.8 Å². The molecule has 1 aliphatic heterocycles. The molecule has 17 heavy (non-hydrogen) atoms. The number of benzene rings is 1.